The average molecular weight is 1490 g/mol. The Morgan fingerprint density at radius 1 is 0.408 bits per heavy atom. The van der Waals surface area contributed by atoms with E-state index in [1.165, 1.54) is 0 Å². The lowest BCUT2D eigenvalue weighted by Gasteiger charge is -2.36. The third-order valence-electron chi connectivity index (χ3n) is 14.7. The van der Waals surface area contributed by atoms with E-state index in [-0.39, 0.29) is 63.4 Å². The molecule has 0 aliphatic heterocycles. The minimum Gasteiger partial charge on any atom is -0.465 e. The topological polar surface area (TPSA) is 178 Å². The average Bonchev–Trinajstić information content (AvgIpc) is 0.824. The van der Waals surface area contributed by atoms with Crippen molar-refractivity contribution in [2.75, 3.05) is 26.0 Å². The predicted molar refractivity (Wildman–Crippen MR) is 422 cm³/mol. The summed E-state index contributed by atoms with van der Waals surface area (Å²) in [5.41, 5.74) is 1.06. The largest absolute Gasteiger partial charge is 0.465 e. The molecule has 98 heavy (non-hydrogen) atoms. The van der Waals surface area contributed by atoms with E-state index in [4.69, 9.17) is 84.3 Å². The van der Waals surface area contributed by atoms with Gasteiger partial charge in [-0.15, -0.1) is 0 Å². The third kappa shape index (κ3) is 27.2. The summed E-state index contributed by atoms with van der Waals surface area (Å²) in [4.78, 5) is 48.6. The van der Waals surface area contributed by atoms with Gasteiger partial charge in [0.25, 0.3) is 0 Å². The van der Waals surface area contributed by atoms with Gasteiger partial charge in [-0.3, -0.25) is 19.2 Å². The zero-order valence-electron chi connectivity index (χ0n) is 60.6. The summed E-state index contributed by atoms with van der Waals surface area (Å²) in [6.07, 6.45) is -9.26. The second-order valence-corrected chi connectivity index (χ2v) is 45.3. The molecule has 0 aromatic heterocycles. The van der Waals surface area contributed by atoms with Crippen molar-refractivity contribution in [3.05, 3.63) is 181 Å². The highest BCUT2D eigenvalue weighted by molar-refractivity contribution is 8.13. The molecule has 7 aromatic carbocycles. The number of nitrogens with one attached hydrogen (secondary N) is 3. The number of rotatable bonds is 27. The maximum Gasteiger partial charge on any atom is 0.323 e. The molecule has 23 heteroatoms. The standard InChI is InChI=1S/C25H29O3PS.C21H30NO3PS.C15H24NO3PS.C14H22NO3PS/c1-19(24(26)27-17-20-11-6-5-7-12-20)18-29(30,25(2,3)4)28-23-16-10-14-21-13-8-9-15-22(21)23;1-15(2)26(27,22-16(3)20(23)24-14-21(4,5)6)25-19-13-9-11-17-10-7-8-12-18(17)19;1-6-18-14(17)12(2)16-20(21,15(3,4)5)19-13-10-8-7-9-11-13;1-5-17-14(16)12(4)15-19(20,11(2)3)18-13-9-7-6-8-10-13/h5-16,19H,17-18H2,1-4H3;7-13,15-16H,14H2,1-6H3,(H,22,27);7-12H,6H2,1-5H3,(H,16,21);6-12H,5H2,1-4H3,(H,15,20)/t19-,29?;16-,26?;12-,20?;12-,19?/m0110/s1. The van der Waals surface area contributed by atoms with E-state index in [1.54, 1.807) is 34.6 Å². The first kappa shape index (κ1) is 85.0. The fraction of sp³-hybridized carbons (Fsp3) is 0.440. The molecule has 0 spiro atoms. The first-order chi connectivity index (χ1) is 45.8. The van der Waals surface area contributed by atoms with Crippen LogP contribution in [0, 0.1) is 11.3 Å². The molecule has 0 amide bonds. The predicted octanol–water partition coefficient (Wildman–Crippen LogP) is 19.3. The summed E-state index contributed by atoms with van der Waals surface area (Å²) < 4.78 is 46.0. The van der Waals surface area contributed by atoms with Crippen LogP contribution in [0.2, 0.25) is 0 Å². The van der Waals surface area contributed by atoms with Crippen molar-refractivity contribution >= 4 is 118 Å². The maximum absolute atomic E-state index is 12.7. The summed E-state index contributed by atoms with van der Waals surface area (Å²) in [6, 6.07) is 55.1. The van der Waals surface area contributed by atoms with Crippen LogP contribution in [0.5, 0.6) is 23.0 Å². The molecule has 4 unspecified atom stereocenters. The zero-order chi connectivity index (χ0) is 73.3. The molecule has 0 aliphatic rings. The molecule has 0 saturated carbocycles. The summed E-state index contributed by atoms with van der Waals surface area (Å²) in [5, 5.41) is 13.3. The monoisotopic (exact) mass is 1490 g/mol. The van der Waals surface area contributed by atoms with Gasteiger partial charge in [0, 0.05) is 38.6 Å². The van der Waals surface area contributed by atoms with Crippen molar-refractivity contribution in [1.82, 2.24) is 15.3 Å². The zero-order valence-corrected chi connectivity index (χ0v) is 67.4. The molecule has 15 nitrogen and oxygen atoms in total. The maximum atomic E-state index is 12.7. The Morgan fingerprint density at radius 3 is 1.20 bits per heavy atom. The van der Waals surface area contributed by atoms with Crippen molar-refractivity contribution in [1.29, 1.82) is 0 Å². The Kier molecular flexibility index (Phi) is 34.0. The van der Waals surface area contributed by atoms with Crippen molar-refractivity contribution < 1.29 is 56.2 Å². The second kappa shape index (κ2) is 39.2. The number of hydrogen-bond acceptors (Lipinski definition) is 16. The summed E-state index contributed by atoms with van der Waals surface area (Å²) in [7, 11) is 0. The first-order valence-electron chi connectivity index (χ1n) is 33.1. The number of hydrogen-bond donors (Lipinski definition) is 3. The SMILES string of the molecule is CC(C)P(=S)(N[C@H](C)C(=O)OCC(C)(C)C)Oc1cccc2ccccc12.CCOC(=O)[C@@H](C)NP(=S)(Oc1ccccc1)C(C)(C)C.CCOC(=O)[C@H](C)NP(=S)(Oc1ccccc1)C(C)C.C[C@@H](CP(=S)(Oc1cccc2ccccc12)C(C)(C)C)C(=O)OCc1ccccc1. The van der Waals surface area contributed by atoms with Gasteiger partial charge in [-0.05, 0) is 128 Å². The van der Waals surface area contributed by atoms with Crippen LogP contribution in [0.25, 0.3) is 21.5 Å². The summed E-state index contributed by atoms with van der Waals surface area (Å²) in [5.74, 6) is 1.46. The number of carbonyl (C=O) groups is 4. The molecule has 0 aliphatic carbocycles. The highest BCUT2D eigenvalue weighted by Gasteiger charge is 2.40. The molecule has 536 valence electrons. The molecular formula is C75H105N3O12P4S4. The molecule has 7 aromatic rings. The molecule has 8 atom stereocenters. The number of fused-ring (bicyclic) bond motifs is 2. The van der Waals surface area contributed by atoms with Gasteiger partial charge in [0.2, 0.25) is 0 Å². The lowest BCUT2D eigenvalue weighted by Crippen LogP contribution is -2.39. The molecule has 0 radical (unpaired) electrons. The number of carbonyl (C=O) groups excluding carboxylic acids is 4. The van der Waals surface area contributed by atoms with Gasteiger partial charge in [0.05, 0.1) is 25.7 Å². The first-order valence-corrected chi connectivity index (χ1v) is 44.3. The van der Waals surface area contributed by atoms with E-state index < -0.39 is 43.6 Å². The van der Waals surface area contributed by atoms with Crippen LogP contribution in [0.1, 0.15) is 137 Å². The van der Waals surface area contributed by atoms with Gasteiger partial charge < -0.3 is 37.0 Å². The van der Waals surface area contributed by atoms with Crippen LogP contribution in [-0.4, -0.2) is 89.6 Å². The molecule has 7 rings (SSSR count). The summed E-state index contributed by atoms with van der Waals surface area (Å²) in [6.45, 7) is 38.5. The number of benzene rings is 7. The van der Waals surface area contributed by atoms with Crippen LogP contribution in [0.15, 0.2) is 176 Å². The molecule has 0 bridgehead atoms. The molecule has 3 N–H and O–H groups in total. The molecule has 0 fully saturated rings. The van der Waals surface area contributed by atoms with Gasteiger partial charge in [-0.25, -0.2) is 15.3 Å². The van der Waals surface area contributed by atoms with Gasteiger partial charge in [0.1, 0.15) is 54.0 Å². The van der Waals surface area contributed by atoms with E-state index in [0.29, 0.717) is 37.5 Å². The van der Waals surface area contributed by atoms with Gasteiger partial charge in [-0.2, -0.15) is 0 Å². The lowest BCUT2D eigenvalue weighted by molar-refractivity contribution is -0.149. The number of esters is 4. The van der Waals surface area contributed by atoms with Crippen molar-refractivity contribution in [2.24, 2.45) is 11.3 Å². The smallest absolute Gasteiger partial charge is 0.323 e. The fourth-order valence-corrected chi connectivity index (χ4v) is 19.1. The molecule has 0 saturated heterocycles. The highest BCUT2D eigenvalue weighted by atomic mass is 32.5. The Hall–Kier alpha value is -5.38. The van der Waals surface area contributed by atoms with E-state index in [2.05, 4.69) is 48.2 Å². The van der Waals surface area contributed by atoms with Gasteiger partial charge in [0.15, 0.2) is 19.2 Å². The van der Waals surface area contributed by atoms with Crippen molar-refractivity contribution in [2.45, 2.75) is 178 Å². The third-order valence-corrected chi connectivity index (χ3v) is 34.5. The minimum absolute atomic E-state index is 0.0596. The van der Waals surface area contributed by atoms with Crippen LogP contribution in [0.3, 0.4) is 0 Å². The Morgan fingerprint density at radius 2 is 0.786 bits per heavy atom. The number of para-hydroxylation sites is 2. The lowest BCUT2D eigenvalue weighted by atomic mass is 9.99. The van der Waals surface area contributed by atoms with E-state index >= 15 is 0 Å². The molecular weight excluding hydrogens is 1390 g/mol. The van der Waals surface area contributed by atoms with Gasteiger partial charge in [-0.1, -0.05) is 248 Å². The van der Waals surface area contributed by atoms with Crippen LogP contribution >= 0.6 is 25.5 Å². The Balaban J connectivity index is 0.000000282. The second-order valence-electron chi connectivity index (χ2n) is 27.3. The van der Waals surface area contributed by atoms with Crippen LogP contribution in [-0.2, 0) is 92.0 Å². The van der Waals surface area contributed by atoms with E-state index in [1.807, 2.05) is 240 Å². The summed E-state index contributed by atoms with van der Waals surface area (Å²) >= 11 is 23.5. The quantitative estimate of drug-likeness (QED) is 0.0251. The van der Waals surface area contributed by atoms with Gasteiger partial charge >= 0.3 is 23.9 Å². The molecule has 0 heterocycles. The highest BCUT2D eigenvalue weighted by Crippen LogP contribution is 2.61. The van der Waals surface area contributed by atoms with E-state index in [0.717, 1.165) is 38.6 Å². The van der Waals surface area contributed by atoms with E-state index in [9.17, 15) is 19.2 Å². The minimum atomic E-state index is -2.51. The Labute approximate surface area is 605 Å². The van der Waals surface area contributed by atoms with Crippen molar-refractivity contribution in [3.8, 4) is 23.0 Å². The normalized spacial score (nSPS) is 15.3. The van der Waals surface area contributed by atoms with Crippen LogP contribution < -0.4 is 33.4 Å². The van der Waals surface area contributed by atoms with Crippen molar-refractivity contribution in [3.63, 3.8) is 0 Å². The Bertz CT molecular complexity index is 3860. The fourth-order valence-electron chi connectivity index (χ4n) is 8.70. The number of ether oxygens (including phenoxy) is 4. The van der Waals surface area contributed by atoms with Crippen LogP contribution in [0.4, 0.5) is 0 Å².